The normalized spacial score (nSPS) is 16.5. The third-order valence-electron chi connectivity index (χ3n) is 12.2. The van der Waals surface area contributed by atoms with Gasteiger partial charge in [-0.1, -0.05) is 55.4 Å². The summed E-state index contributed by atoms with van der Waals surface area (Å²) in [6, 6.07) is 24.6. The van der Waals surface area contributed by atoms with E-state index in [4.69, 9.17) is 14.5 Å². The van der Waals surface area contributed by atoms with E-state index in [1.165, 1.54) is 11.8 Å². The van der Waals surface area contributed by atoms with E-state index in [2.05, 4.69) is 59.7 Å². The van der Waals surface area contributed by atoms with E-state index in [9.17, 15) is 14.7 Å². The van der Waals surface area contributed by atoms with Crippen molar-refractivity contribution >= 4 is 57.5 Å². The van der Waals surface area contributed by atoms with Crippen molar-refractivity contribution < 1.29 is 19.2 Å². The lowest BCUT2D eigenvalue weighted by molar-refractivity contribution is -0.142. The standard InChI is InChI=1S/C47H48N10O4S2/c1-29(2)47(62-4,45(60)57-17-7-9-40(57)44(59)48-25-31-11-13-32(14-12-31)43-30(3)51-28-63-43)42-24-38(54-61-42)34-26-49-46(50-27-34)56-20-18-55(19-21-56)35-15-16-37-33(22-35)23-39(53-52-37)36-8-5-6-10-41(36)58/h5-6,8,10-16,22-24,26-29,40,58H,7,9,17-21,25H2,1-4H3,(H,48,59). The van der Waals surface area contributed by atoms with Gasteiger partial charge in [0.25, 0.3) is 0 Å². The number of nitrogens with zero attached hydrogens (tertiary/aromatic N) is 9. The van der Waals surface area contributed by atoms with Crippen molar-refractivity contribution in [2.75, 3.05) is 48.8 Å². The lowest BCUT2D eigenvalue weighted by Crippen LogP contribution is -2.53. The second kappa shape index (κ2) is 17.8. The first-order valence-electron chi connectivity index (χ1n) is 21.1. The number of fused-ring (bicyclic) bond motifs is 1. The molecule has 0 radical (unpaired) electrons. The summed E-state index contributed by atoms with van der Waals surface area (Å²) in [7, 11) is 0. The number of benzene rings is 3. The molecule has 3 aromatic carbocycles. The Balaban J connectivity index is 0.840. The van der Waals surface area contributed by atoms with Gasteiger partial charge in [-0.2, -0.15) is 0 Å². The van der Waals surface area contributed by atoms with Gasteiger partial charge in [-0.3, -0.25) is 9.59 Å². The first kappa shape index (κ1) is 41.9. The van der Waals surface area contributed by atoms with Crippen LogP contribution in [0.2, 0.25) is 0 Å². The molecule has 2 amide bonds. The fourth-order valence-electron chi connectivity index (χ4n) is 8.63. The van der Waals surface area contributed by atoms with Crippen LogP contribution in [0.4, 0.5) is 11.6 Å². The van der Waals surface area contributed by atoms with Crippen molar-refractivity contribution in [3.63, 3.8) is 0 Å². The zero-order valence-corrected chi connectivity index (χ0v) is 37.2. The number of aromatic hydroxyl groups is 1. The number of likely N-dealkylation sites (tertiary alicyclic amines) is 1. The van der Waals surface area contributed by atoms with Crippen LogP contribution in [0, 0.1) is 12.8 Å². The first-order chi connectivity index (χ1) is 30.6. The van der Waals surface area contributed by atoms with Crippen molar-refractivity contribution in [2.24, 2.45) is 5.92 Å². The number of phenols is 1. The van der Waals surface area contributed by atoms with E-state index in [0.717, 1.165) is 70.9 Å². The van der Waals surface area contributed by atoms with Crippen LogP contribution < -0.4 is 15.1 Å². The second-order valence-corrected chi connectivity index (χ2v) is 18.2. The number of piperazine rings is 1. The number of hydrogen-bond donors (Lipinski definition) is 2. The van der Waals surface area contributed by atoms with Crippen molar-refractivity contribution in [3.8, 4) is 38.7 Å². The van der Waals surface area contributed by atoms with Crippen LogP contribution in [0.15, 0.2) is 101 Å². The number of rotatable bonds is 12. The minimum absolute atomic E-state index is 0.157. The monoisotopic (exact) mass is 880 g/mol. The Bertz CT molecular complexity index is 2750. The minimum Gasteiger partial charge on any atom is -0.507 e. The number of para-hydroxylation sites is 1. The number of nitrogens with one attached hydrogen (secondary N) is 1. The number of amides is 2. The van der Waals surface area contributed by atoms with E-state index in [0.29, 0.717) is 53.7 Å². The molecule has 322 valence electrons. The lowest BCUT2D eigenvalue weighted by Gasteiger charge is -2.37. The number of hydrogen-bond acceptors (Lipinski definition) is 14. The van der Waals surface area contributed by atoms with Crippen LogP contribution in [0.1, 0.15) is 43.7 Å². The highest BCUT2D eigenvalue weighted by Gasteiger charge is 2.51. The summed E-state index contributed by atoms with van der Waals surface area (Å²) >= 11 is 3.02. The highest BCUT2D eigenvalue weighted by atomic mass is 32.2. The summed E-state index contributed by atoms with van der Waals surface area (Å²) in [6.07, 6.45) is 6.72. The summed E-state index contributed by atoms with van der Waals surface area (Å²) in [4.78, 5) is 49.6. The van der Waals surface area contributed by atoms with Crippen molar-refractivity contribution in [1.82, 2.24) is 40.5 Å². The molecular weight excluding hydrogens is 833 g/mol. The molecule has 63 heavy (non-hydrogen) atoms. The first-order valence-corrected chi connectivity index (χ1v) is 23.2. The third-order valence-corrected chi connectivity index (χ3v) is 14.7. The Hall–Kier alpha value is -6.39. The summed E-state index contributed by atoms with van der Waals surface area (Å²) < 4.78 is 4.91. The summed E-state index contributed by atoms with van der Waals surface area (Å²) in [5, 5.41) is 27.5. The SMILES string of the molecule is CSC(C(=O)N1CCCC1C(=O)NCc1ccc(-c2scnc2C)cc1)(c1cc(-c2cnc(N3CCN(c4ccc5nnc(-c6ccccc6O)cc5c4)CC3)nc2)no1)C(C)C. The summed E-state index contributed by atoms with van der Waals surface area (Å²) in [5.41, 5.74) is 9.28. The average Bonchev–Trinajstić information content (AvgIpc) is 4.11. The zero-order chi connectivity index (χ0) is 43.7. The third kappa shape index (κ3) is 8.20. The number of thioether (sulfide) groups is 1. The van der Waals surface area contributed by atoms with E-state index in [1.807, 2.05) is 75.0 Å². The fraction of sp³-hybridized carbons (Fsp3) is 0.319. The number of carbonyl (C=O) groups excluding carboxylic acids is 2. The highest BCUT2D eigenvalue weighted by molar-refractivity contribution is 8.00. The predicted molar refractivity (Wildman–Crippen MR) is 247 cm³/mol. The Labute approximate surface area is 373 Å². The molecule has 2 fully saturated rings. The van der Waals surface area contributed by atoms with Gasteiger partial charge in [0.15, 0.2) is 10.5 Å². The molecule has 6 heterocycles. The summed E-state index contributed by atoms with van der Waals surface area (Å²) in [5.74, 6) is 0.733. The molecule has 2 aliphatic heterocycles. The van der Waals surface area contributed by atoms with Crippen LogP contribution in [0.25, 0.3) is 43.9 Å². The number of aromatic nitrogens is 6. The average molecular weight is 881 g/mol. The largest absolute Gasteiger partial charge is 0.507 e. The van der Waals surface area contributed by atoms with Gasteiger partial charge in [-0.05, 0) is 79.5 Å². The molecular formula is C47H48N10O4S2. The van der Waals surface area contributed by atoms with Gasteiger partial charge >= 0.3 is 0 Å². The van der Waals surface area contributed by atoms with Crippen LogP contribution in [0.3, 0.4) is 0 Å². The van der Waals surface area contributed by atoms with E-state index in [-0.39, 0.29) is 23.5 Å². The van der Waals surface area contributed by atoms with Gasteiger partial charge < -0.3 is 29.6 Å². The molecule has 0 spiro atoms. The predicted octanol–water partition coefficient (Wildman–Crippen LogP) is 7.73. The molecule has 2 aliphatic rings. The number of thiazole rings is 1. The van der Waals surface area contributed by atoms with Gasteiger partial charge in [0.05, 0.1) is 27.3 Å². The molecule has 2 atom stereocenters. The zero-order valence-electron chi connectivity index (χ0n) is 35.6. The van der Waals surface area contributed by atoms with Crippen LogP contribution in [-0.2, 0) is 20.9 Å². The maximum absolute atomic E-state index is 14.7. The molecule has 0 aliphatic carbocycles. The molecule has 2 saturated heterocycles. The maximum Gasteiger partial charge on any atom is 0.247 e. The quantitative estimate of drug-likeness (QED) is 0.123. The van der Waals surface area contributed by atoms with Crippen LogP contribution in [-0.4, -0.2) is 97.1 Å². The van der Waals surface area contributed by atoms with Crippen LogP contribution in [0.5, 0.6) is 5.75 Å². The molecule has 16 heteroatoms. The molecule has 0 saturated carbocycles. The van der Waals surface area contributed by atoms with Crippen molar-refractivity contribution in [1.29, 1.82) is 0 Å². The number of aryl methyl sites for hydroxylation is 1. The Morgan fingerprint density at radius 2 is 1.67 bits per heavy atom. The van der Waals surface area contributed by atoms with Crippen molar-refractivity contribution in [2.45, 2.75) is 50.9 Å². The molecule has 2 unspecified atom stereocenters. The smallest absolute Gasteiger partial charge is 0.247 e. The van der Waals surface area contributed by atoms with Gasteiger partial charge in [0.2, 0.25) is 17.8 Å². The van der Waals surface area contributed by atoms with Gasteiger partial charge in [-0.25, -0.2) is 15.0 Å². The van der Waals surface area contributed by atoms with Gasteiger partial charge in [0.1, 0.15) is 17.5 Å². The van der Waals surface area contributed by atoms with Crippen LogP contribution >= 0.6 is 23.1 Å². The van der Waals surface area contributed by atoms with E-state index < -0.39 is 10.8 Å². The molecule has 2 N–H and O–H groups in total. The number of carbonyl (C=O) groups is 2. The number of phenolic OH excluding ortho intramolecular Hbond substituents is 1. The fourth-order valence-corrected chi connectivity index (χ4v) is 10.5. The van der Waals surface area contributed by atoms with E-state index in [1.54, 1.807) is 40.8 Å². The Morgan fingerprint density at radius 1 is 0.905 bits per heavy atom. The topological polar surface area (TPSA) is 167 Å². The molecule has 7 aromatic rings. The Kier molecular flexibility index (Phi) is 11.8. The molecule has 4 aromatic heterocycles. The molecule has 9 rings (SSSR count). The highest BCUT2D eigenvalue weighted by Crippen LogP contribution is 2.46. The second-order valence-electron chi connectivity index (χ2n) is 16.2. The lowest BCUT2D eigenvalue weighted by atomic mass is 9.89. The van der Waals surface area contributed by atoms with Crippen molar-refractivity contribution in [3.05, 3.63) is 114 Å². The summed E-state index contributed by atoms with van der Waals surface area (Å²) in [6.45, 7) is 9.86. The molecule has 0 bridgehead atoms. The molecule has 14 nitrogen and oxygen atoms in total. The van der Waals surface area contributed by atoms with Gasteiger partial charge in [0, 0.05) is 79.9 Å². The van der Waals surface area contributed by atoms with E-state index >= 15 is 0 Å². The maximum atomic E-state index is 14.7. The number of anilines is 2. The Morgan fingerprint density at radius 3 is 2.38 bits per heavy atom. The van der Waals surface area contributed by atoms with Gasteiger partial charge in [-0.15, -0.1) is 33.3 Å². The minimum atomic E-state index is -1.11.